The molecule has 6 nitrogen and oxygen atoms in total. The summed E-state index contributed by atoms with van der Waals surface area (Å²) in [4.78, 5) is 19.7. The number of thiazole rings is 1. The van der Waals surface area contributed by atoms with Crippen LogP contribution in [0.4, 0.5) is 5.69 Å². The topological polar surface area (TPSA) is 63.7 Å². The summed E-state index contributed by atoms with van der Waals surface area (Å²) in [6, 6.07) is 13.4. The summed E-state index contributed by atoms with van der Waals surface area (Å²) in [6.45, 7) is 2.64. The van der Waals surface area contributed by atoms with E-state index < -0.39 is 0 Å². The van der Waals surface area contributed by atoms with Crippen LogP contribution in [0.15, 0.2) is 47.8 Å². The molecule has 7 heteroatoms. The van der Waals surface area contributed by atoms with Gasteiger partial charge in [-0.3, -0.25) is 4.79 Å². The lowest BCUT2D eigenvalue weighted by atomic mass is 10.1. The van der Waals surface area contributed by atoms with Crippen LogP contribution >= 0.6 is 11.3 Å². The van der Waals surface area contributed by atoms with Crippen molar-refractivity contribution in [1.82, 2.24) is 9.88 Å². The predicted octanol–water partition coefficient (Wildman–Crippen LogP) is 3.95. The Hall–Kier alpha value is -3.06. The molecule has 2 aliphatic heterocycles. The number of aromatic nitrogens is 1. The van der Waals surface area contributed by atoms with E-state index in [0.29, 0.717) is 17.9 Å². The fourth-order valence-electron chi connectivity index (χ4n) is 3.43. The zero-order chi connectivity index (χ0) is 18.4. The number of hydrogen-bond acceptors (Lipinski definition) is 6. The summed E-state index contributed by atoms with van der Waals surface area (Å²) in [5, 5.41) is 6.45. The summed E-state index contributed by atoms with van der Waals surface area (Å²) >= 11 is 1.58. The Labute approximate surface area is 160 Å². The zero-order valence-electron chi connectivity index (χ0n) is 14.6. The second kappa shape index (κ2) is 6.28. The number of benzene rings is 2. The molecule has 0 fully saturated rings. The highest BCUT2D eigenvalue weighted by Gasteiger charge is 2.34. The average molecular weight is 379 g/mol. The van der Waals surface area contributed by atoms with E-state index in [1.54, 1.807) is 11.3 Å². The van der Waals surface area contributed by atoms with Gasteiger partial charge in [0, 0.05) is 17.6 Å². The van der Waals surface area contributed by atoms with Gasteiger partial charge in [-0.25, -0.2) is 4.98 Å². The largest absolute Gasteiger partial charge is 0.454 e. The third-order valence-corrected chi connectivity index (χ3v) is 5.52. The molecule has 3 heterocycles. The second-order valence-corrected chi connectivity index (χ2v) is 7.57. The maximum absolute atomic E-state index is 13.3. The second-order valence-electron chi connectivity index (χ2n) is 6.50. The van der Waals surface area contributed by atoms with Gasteiger partial charge in [-0.15, -0.1) is 11.3 Å². The molecule has 0 saturated heterocycles. The van der Waals surface area contributed by atoms with Crippen LogP contribution in [0.2, 0.25) is 0 Å². The van der Waals surface area contributed by atoms with Gasteiger partial charge in [0.05, 0.1) is 16.3 Å². The molecule has 0 aliphatic carbocycles. The monoisotopic (exact) mass is 379 g/mol. The van der Waals surface area contributed by atoms with Gasteiger partial charge < -0.3 is 19.7 Å². The molecule has 1 N–H and O–H groups in total. The van der Waals surface area contributed by atoms with Crippen molar-refractivity contribution in [3.63, 3.8) is 0 Å². The van der Waals surface area contributed by atoms with Crippen molar-refractivity contribution in [1.29, 1.82) is 0 Å². The summed E-state index contributed by atoms with van der Waals surface area (Å²) in [6.07, 6.45) is -0.317. The number of nitrogens with one attached hydrogen (secondary N) is 1. The number of para-hydroxylation sites is 1. The molecule has 5 rings (SSSR count). The summed E-state index contributed by atoms with van der Waals surface area (Å²) in [5.74, 6) is 1.43. The highest BCUT2D eigenvalue weighted by Crippen LogP contribution is 2.37. The maximum atomic E-state index is 13.3. The number of carbonyl (C=O) groups excluding carboxylic acids is 1. The molecular weight excluding hydrogens is 362 g/mol. The minimum atomic E-state index is -0.317. The molecule has 1 atom stereocenters. The van der Waals surface area contributed by atoms with Gasteiger partial charge in [-0.1, -0.05) is 18.2 Å². The highest BCUT2D eigenvalue weighted by atomic mass is 32.1. The number of fused-ring (bicyclic) bond motifs is 2. The molecule has 3 aromatic rings. The summed E-state index contributed by atoms with van der Waals surface area (Å²) in [7, 11) is 0. The highest BCUT2D eigenvalue weighted by molar-refractivity contribution is 7.09. The normalized spacial score (nSPS) is 17.6. The van der Waals surface area contributed by atoms with Crippen molar-refractivity contribution in [3.05, 3.63) is 69.7 Å². The maximum Gasteiger partial charge on any atom is 0.258 e. The van der Waals surface area contributed by atoms with E-state index in [-0.39, 0.29) is 18.9 Å². The van der Waals surface area contributed by atoms with E-state index in [1.807, 2.05) is 59.7 Å². The van der Waals surface area contributed by atoms with Gasteiger partial charge in [0.2, 0.25) is 6.79 Å². The third kappa shape index (κ3) is 2.80. The molecular formula is C20H17N3O3S. The van der Waals surface area contributed by atoms with Crippen LogP contribution in [-0.2, 0) is 6.54 Å². The van der Waals surface area contributed by atoms with Crippen LogP contribution in [0.3, 0.4) is 0 Å². The minimum absolute atomic E-state index is 0.0160. The van der Waals surface area contributed by atoms with Gasteiger partial charge in [0.1, 0.15) is 6.17 Å². The van der Waals surface area contributed by atoms with Gasteiger partial charge in [-0.2, -0.15) is 0 Å². The molecule has 2 aliphatic rings. The molecule has 0 radical (unpaired) electrons. The van der Waals surface area contributed by atoms with E-state index in [4.69, 9.17) is 9.47 Å². The Kier molecular flexibility index (Phi) is 3.75. The Morgan fingerprint density at radius 2 is 2.07 bits per heavy atom. The SMILES string of the molecule is Cc1nc(C2Nc3ccccc3C(=O)N2Cc2ccc3c(c2)OCO3)cs1. The van der Waals surface area contributed by atoms with Gasteiger partial charge >= 0.3 is 0 Å². The smallest absolute Gasteiger partial charge is 0.258 e. The molecule has 1 aromatic heterocycles. The summed E-state index contributed by atoms with van der Waals surface area (Å²) < 4.78 is 10.9. The Morgan fingerprint density at radius 3 is 2.93 bits per heavy atom. The van der Waals surface area contributed by atoms with Crippen molar-refractivity contribution >= 4 is 22.9 Å². The quantitative estimate of drug-likeness (QED) is 0.747. The number of anilines is 1. The molecule has 1 amide bonds. The Balaban J connectivity index is 1.53. The minimum Gasteiger partial charge on any atom is -0.454 e. The van der Waals surface area contributed by atoms with Crippen LogP contribution in [0, 0.1) is 6.92 Å². The number of carbonyl (C=O) groups is 1. The fourth-order valence-corrected chi connectivity index (χ4v) is 4.06. The lowest BCUT2D eigenvalue weighted by Gasteiger charge is -2.37. The fraction of sp³-hybridized carbons (Fsp3) is 0.200. The van der Waals surface area contributed by atoms with Crippen molar-refractivity contribution < 1.29 is 14.3 Å². The van der Waals surface area contributed by atoms with Gasteiger partial charge in [0.25, 0.3) is 5.91 Å². The van der Waals surface area contributed by atoms with Gasteiger partial charge in [-0.05, 0) is 36.8 Å². The molecule has 27 heavy (non-hydrogen) atoms. The van der Waals surface area contributed by atoms with Crippen molar-refractivity contribution in [2.45, 2.75) is 19.6 Å². The molecule has 2 aromatic carbocycles. The number of rotatable bonds is 3. The predicted molar refractivity (Wildman–Crippen MR) is 102 cm³/mol. The zero-order valence-corrected chi connectivity index (χ0v) is 15.5. The standard InChI is InChI=1S/C20H17N3O3S/c1-12-21-16(10-27-12)19-22-15-5-3-2-4-14(15)20(24)23(19)9-13-6-7-17-18(8-13)26-11-25-17/h2-8,10,19,22H,9,11H2,1H3. The van der Waals surface area contributed by atoms with Crippen molar-refractivity contribution in [2.75, 3.05) is 12.1 Å². The van der Waals surface area contributed by atoms with Crippen LogP contribution < -0.4 is 14.8 Å². The first-order valence-corrected chi connectivity index (χ1v) is 9.54. The number of ether oxygens (including phenoxy) is 2. The Bertz CT molecular complexity index is 1030. The van der Waals surface area contributed by atoms with E-state index in [0.717, 1.165) is 27.7 Å². The first-order valence-electron chi connectivity index (χ1n) is 8.66. The van der Waals surface area contributed by atoms with Crippen LogP contribution in [0.1, 0.15) is 32.8 Å². The van der Waals surface area contributed by atoms with Crippen LogP contribution in [-0.4, -0.2) is 22.6 Å². The number of aryl methyl sites for hydroxylation is 1. The summed E-state index contributed by atoms with van der Waals surface area (Å²) in [5.41, 5.74) is 3.33. The molecule has 0 saturated carbocycles. The van der Waals surface area contributed by atoms with E-state index >= 15 is 0 Å². The van der Waals surface area contributed by atoms with E-state index in [1.165, 1.54) is 0 Å². The molecule has 0 spiro atoms. The molecule has 0 bridgehead atoms. The first-order chi connectivity index (χ1) is 13.2. The molecule has 136 valence electrons. The number of nitrogens with zero attached hydrogens (tertiary/aromatic N) is 2. The number of hydrogen-bond donors (Lipinski definition) is 1. The van der Waals surface area contributed by atoms with Gasteiger partial charge in [0.15, 0.2) is 11.5 Å². The molecule has 1 unspecified atom stereocenters. The average Bonchev–Trinajstić information content (AvgIpc) is 3.32. The lowest BCUT2D eigenvalue weighted by molar-refractivity contribution is 0.0663. The third-order valence-electron chi connectivity index (χ3n) is 4.73. The van der Waals surface area contributed by atoms with Crippen LogP contribution in [0.5, 0.6) is 11.5 Å². The Morgan fingerprint density at radius 1 is 1.22 bits per heavy atom. The number of amides is 1. The lowest BCUT2D eigenvalue weighted by Crippen LogP contribution is -2.42. The van der Waals surface area contributed by atoms with Crippen molar-refractivity contribution in [3.8, 4) is 11.5 Å². The van der Waals surface area contributed by atoms with E-state index in [2.05, 4.69) is 10.3 Å². The van der Waals surface area contributed by atoms with Crippen LogP contribution in [0.25, 0.3) is 0 Å². The first kappa shape index (κ1) is 16.1. The van der Waals surface area contributed by atoms with Crippen molar-refractivity contribution in [2.24, 2.45) is 0 Å². The van der Waals surface area contributed by atoms with E-state index in [9.17, 15) is 4.79 Å².